The van der Waals surface area contributed by atoms with Crippen molar-refractivity contribution in [3.63, 3.8) is 0 Å². The third-order valence-electron chi connectivity index (χ3n) is 6.43. The Kier molecular flexibility index (Phi) is 9.90. The molecule has 1 atom stereocenters. The average molecular weight is 432 g/mol. The Morgan fingerprint density at radius 3 is 2.61 bits per heavy atom. The molecule has 1 aromatic rings. The smallest absolute Gasteiger partial charge is 0.191 e. The van der Waals surface area contributed by atoms with E-state index in [0.717, 1.165) is 77.6 Å². The summed E-state index contributed by atoms with van der Waals surface area (Å²) in [6.45, 7) is 11.9. The van der Waals surface area contributed by atoms with E-state index in [-0.39, 0.29) is 12.0 Å². The SMILES string of the molecule is CCNC(=NCC1(CCO)CCOC1)NCCCCN1CCN(c2ccccc2)CC1. The molecule has 0 saturated carbocycles. The number of rotatable bonds is 11. The fourth-order valence-corrected chi connectivity index (χ4v) is 4.41. The number of unbranched alkanes of at least 4 members (excludes halogenated alkanes) is 1. The largest absolute Gasteiger partial charge is 0.396 e. The molecule has 31 heavy (non-hydrogen) atoms. The van der Waals surface area contributed by atoms with E-state index in [2.05, 4.69) is 57.7 Å². The Morgan fingerprint density at radius 1 is 1.13 bits per heavy atom. The van der Waals surface area contributed by atoms with Crippen LogP contribution in [-0.2, 0) is 4.74 Å². The minimum atomic E-state index is -0.000996. The van der Waals surface area contributed by atoms with Gasteiger partial charge in [0.1, 0.15) is 0 Å². The van der Waals surface area contributed by atoms with Gasteiger partial charge in [-0.15, -0.1) is 0 Å². The maximum atomic E-state index is 9.40. The van der Waals surface area contributed by atoms with Crippen LogP contribution in [0.25, 0.3) is 0 Å². The number of para-hydroxylation sites is 1. The summed E-state index contributed by atoms with van der Waals surface area (Å²) in [7, 11) is 0. The molecule has 0 bridgehead atoms. The van der Waals surface area contributed by atoms with Crippen LogP contribution >= 0.6 is 0 Å². The standard InChI is InChI=1S/C24H41N5O2/c1-2-25-23(27-20-24(10-18-30)11-19-31-21-24)26-12-6-7-13-28-14-16-29(17-15-28)22-8-4-3-5-9-22/h3-5,8-9,30H,2,6-7,10-21H2,1H3,(H2,25,26,27). The lowest BCUT2D eigenvalue weighted by molar-refractivity contribution is 0.131. The quantitative estimate of drug-likeness (QED) is 0.283. The van der Waals surface area contributed by atoms with Crippen molar-refractivity contribution in [2.75, 3.05) is 77.1 Å². The number of guanidine groups is 1. The first kappa shape index (κ1) is 23.8. The van der Waals surface area contributed by atoms with Crippen LogP contribution in [0.1, 0.15) is 32.6 Å². The van der Waals surface area contributed by atoms with E-state index >= 15 is 0 Å². The molecular formula is C24H41N5O2. The fourth-order valence-electron chi connectivity index (χ4n) is 4.41. The van der Waals surface area contributed by atoms with E-state index < -0.39 is 0 Å². The number of nitrogens with zero attached hydrogens (tertiary/aromatic N) is 3. The van der Waals surface area contributed by atoms with Gasteiger partial charge < -0.3 is 25.4 Å². The van der Waals surface area contributed by atoms with Gasteiger partial charge in [0.2, 0.25) is 0 Å². The summed E-state index contributed by atoms with van der Waals surface area (Å²) in [5.41, 5.74) is 1.34. The lowest BCUT2D eigenvalue weighted by Crippen LogP contribution is -2.46. The van der Waals surface area contributed by atoms with Crippen LogP contribution in [0.2, 0.25) is 0 Å². The van der Waals surface area contributed by atoms with Gasteiger partial charge in [-0.25, -0.2) is 0 Å². The van der Waals surface area contributed by atoms with Crippen LogP contribution < -0.4 is 15.5 Å². The van der Waals surface area contributed by atoms with Crippen molar-refractivity contribution in [3.8, 4) is 0 Å². The minimum absolute atomic E-state index is 0.000996. The number of anilines is 1. The van der Waals surface area contributed by atoms with Gasteiger partial charge in [0.05, 0.1) is 13.2 Å². The molecule has 7 heteroatoms. The van der Waals surface area contributed by atoms with E-state index in [4.69, 9.17) is 9.73 Å². The van der Waals surface area contributed by atoms with Crippen molar-refractivity contribution in [3.05, 3.63) is 30.3 Å². The fraction of sp³-hybridized carbons (Fsp3) is 0.708. The number of aliphatic hydroxyl groups excluding tert-OH is 1. The second-order valence-corrected chi connectivity index (χ2v) is 8.77. The molecule has 2 fully saturated rings. The van der Waals surface area contributed by atoms with Gasteiger partial charge in [-0.05, 0) is 51.3 Å². The highest BCUT2D eigenvalue weighted by molar-refractivity contribution is 5.79. The lowest BCUT2D eigenvalue weighted by Gasteiger charge is -2.36. The maximum Gasteiger partial charge on any atom is 0.191 e. The molecule has 3 N–H and O–H groups in total. The monoisotopic (exact) mass is 431 g/mol. The van der Waals surface area contributed by atoms with Gasteiger partial charge in [-0.3, -0.25) is 9.89 Å². The van der Waals surface area contributed by atoms with Crippen molar-refractivity contribution in [1.82, 2.24) is 15.5 Å². The molecular weight excluding hydrogens is 390 g/mol. The summed E-state index contributed by atoms with van der Waals surface area (Å²) in [6.07, 6.45) is 4.07. The number of nitrogens with one attached hydrogen (secondary N) is 2. The summed E-state index contributed by atoms with van der Waals surface area (Å²) in [5.74, 6) is 0.878. The number of benzene rings is 1. The molecule has 3 rings (SSSR count). The van der Waals surface area contributed by atoms with Crippen molar-refractivity contribution < 1.29 is 9.84 Å². The highest BCUT2D eigenvalue weighted by Gasteiger charge is 2.34. The van der Waals surface area contributed by atoms with Crippen LogP contribution in [0, 0.1) is 5.41 Å². The van der Waals surface area contributed by atoms with Crippen molar-refractivity contribution in [2.45, 2.75) is 32.6 Å². The van der Waals surface area contributed by atoms with Crippen molar-refractivity contribution in [1.29, 1.82) is 0 Å². The summed E-state index contributed by atoms with van der Waals surface area (Å²) in [5, 5.41) is 16.2. The molecule has 7 nitrogen and oxygen atoms in total. The minimum Gasteiger partial charge on any atom is -0.396 e. The predicted octanol–water partition coefficient (Wildman–Crippen LogP) is 1.93. The number of piperazine rings is 1. The Hall–Kier alpha value is -1.83. The number of ether oxygens (including phenoxy) is 1. The molecule has 0 aliphatic carbocycles. The Morgan fingerprint density at radius 2 is 1.94 bits per heavy atom. The first-order chi connectivity index (χ1) is 15.2. The molecule has 2 aliphatic rings. The Bertz CT molecular complexity index is 641. The zero-order valence-corrected chi connectivity index (χ0v) is 19.2. The maximum absolute atomic E-state index is 9.40. The van der Waals surface area contributed by atoms with Gasteiger partial charge in [-0.2, -0.15) is 0 Å². The molecule has 0 amide bonds. The molecule has 174 valence electrons. The van der Waals surface area contributed by atoms with Gasteiger partial charge in [0.25, 0.3) is 0 Å². The van der Waals surface area contributed by atoms with E-state index in [1.807, 2.05) is 0 Å². The van der Waals surface area contributed by atoms with Crippen LogP contribution in [0.5, 0.6) is 0 Å². The molecule has 0 radical (unpaired) electrons. The number of aliphatic imine (C=N–C) groups is 1. The molecule has 0 spiro atoms. The Labute approximate surface area is 187 Å². The van der Waals surface area contributed by atoms with Gasteiger partial charge >= 0.3 is 0 Å². The van der Waals surface area contributed by atoms with E-state index in [0.29, 0.717) is 13.2 Å². The summed E-state index contributed by atoms with van der Waals surface area (Å²) >= 11 is 0. The molecule has 2 saturated heterocycles. The molecule has 1 aromatic carbocycles. The van der Waals surface area contributed by atoms with Gasteiger partial charge in [0.15, 0.2) is 5.96 Å². The highest BCUT2D eigenvalue weighted by atomic mass is 16.5. The molecule has 2 aliphatic heterocycles. The van der Waals surface area contributed by atoms with E-state index in [1.54, 1.807) is 0 Å². The summed E-state index contributed by atoms with van der Waals surface area (Å²) < 4.78 is 5.58. The first-order valence-corrected chi connectivity index (χ1v) is 12.0. The second kappa shape index (κ2) is 12.9. The zero-order valence-electron chi connectivity index (χ0n) is 19.2. The van der Waals surface area contributed by atoms with Gasteiger partial charge in [-0.1, -0.05) is 18.2 Å². The van der Waals surface area contributed by atoms with Crippen LogP contribution in [0.3, 0.4) is 0 Å². The van der Waals surface area contributed by atoms with Crippen LogP contribution in [0.4, 0.5) is 5.69 Å². The van der Waals surface area contributed by atoms with Crippen molar-refractivity contribution >= 4 is 11.6 Å². The summed E-state index contributed by atoms with van der Waals surface area (Å²) in [4.78, 5) is 9.86. The summed E-state index contributed by atoms with van der Waals surface area (Å²) in [6, 6.07) is 10.7. The average Bonchev–Trinajstić information content (AvgIpc) is 3.27. The third kappa shape index (κ3) is 7.66. The second-order valence-electron chi connectivity index (χ2n) is 8.77. The number of hydrogen-bond acceptors (Lipinski definition) is 5. The van der Waals surface area contributed by atoms with Crippen LogP contribution in [0.15, 0.2) is 35.3 Å². The highest BCUT2D eigenvalue weighted by Crippen LogP contribution is 2.32. The van der Waals surface area contributed by atoms with Gasteiger partial charge in [0, 0.05) is 63.6 Å². The molecule has 2 heterocycles. The molecule has 1 unspecified atom stereocenters. The van der Waals surface area contributed by atoms with E-state index in [1.165, 1.54) is 12.1 Å². The normalized spacial score (nSPS) is 22.6. The predicted molar refractivity (Wildman–Crippen MR) is 128 cm³/mol. The third-order valence-corrected chi connectivity index (χ3v) is 6.43. The zero-order chi connectivity index (χ0) is 21.8. The first-order valence-electron chi connectivity index (χ1n) is 12.0. The Balaban J connectivity index is 1.32. The topological polar surface area (TPSA) is 72.4 Å². The lowest BCUT2D eigenvalue weighted by atomic mass is 9.84. The molecule has 0 aromatic heterocycles. The van der Waals surface area contributed by atoms with Crippen molar-refractivity contribution in [2.24, 2.45) is 10.4 Å². The number of hydrogen-bond donors (Lipinski definition) is 3. The van der Waals surface area contributed by atoms with Crippen LogP contribution in [-0.4, -0.2) is 88.1 Å². The number of aliphatic hydroxyl groups is 1. The van der Waals surface area contributed by atoms with E-state index in [9.17, 15) is 5.11 Å².